The summed E-state index contributed by atoms with van der Waals surface area (Å²) in [4.78, 5) is 10.5. The van der Waals surface area contributed by atoms with E-state index in [4.69, 9.17) is 9.78 Å². The second kappa shape index (κ2) is 8.21. The minimum Gasteiger partial charge on any atom is -0.337 e. The van der Waals surface area contributed by atoms with Crippen LogP contribution in [0.15, 0.2) is 18.2 Å². The van der Waals surface area contributed by atoms with E-state index in [1.165, 1.54) is 56.1 Å². The summed E-state index contributed by atoms with van der Waals surface area (Å²) in [6.45, 7) is 2.93. The molecule has 2 rings (SSSR count). The van der Waals surface area contributed by atoms with E-state index in [1.54, 1.807) is 0 Å². The summed E-state index contributed by atoms with van der Waals surface area (Å²) in [7, 11) is 0. The summed E-state index contributed by atoms with van der Waals surface area (Å²) in [5.74, 6) is 0.931. The molecule has 1 aliphatic rings. The average molecular weight is 262 g/mol. The molecule has 2 nitrogen and oxygen atoms in total. The van der Waals surface area contributed by atoms with Crippen LogP contribution < -0.4 is 4.89 Å². The number of benzene rings is 1. The SMILES string of the molecule is CCCCCCCCCc1c2cccc1OOCC2. The Kier molecular flexibility index (Phi) is 6.22. The Labute approximate surface area is 117 Å². The zero-order valence-corrected chi connectivity index (χ0v) is 12.1. The lowest BCUT2D eigenvalue weighted by atomic mass is 9.98. The standard InChI is InChI=1S/C17H26O2/c1-2-3-4-5-6-7-8-11-16-15-10-9-12-17(16)19-18-14-13-15/h9-10,12H,2-8,11,13-14H2,1H3. The summed E-state index contributed by atoms with van der Waals surface area (Å²) in [5, 5.41) is 0. The fourth-order valence-corrected chi connectivity index (χ4v) is 2.72. The van der Waals surface area contributed by atoms with Gasteiger partial charge in [-0.25, -0.2) is 0 Å². The normalized spacial score (nSPS) is 13.9. The lowest BCUT2D eigenvalue weighted by Gasteiger charge is -2.09. The van der Waals surface area contributed by atoms with E-state index in [2.05, 4.69) is 19.1 Å². The molecule has 1 heterocycles. The van der Waals surface area contributed by atoms with Crippen LogP contribution in [0.4, 0.5) is 0 Å². The minimum absolute atomic E-state index is 0.664. The van der Waals surface area contributed by atoms with E-state index in [1.807, 2.05) is 6.07 Å². The number of hydrogen-bond donors (Lipinski definition) is 0. The molecular formula is C17H26O2. The van der Waals surface area contributed by atoms with Gasteiger partial charge in [-0.05, 0) is 24.5 Å². The predicted molar refractivity (Wildman–Crippen MR) is 78.4 cm³/mol. The van der Waals surface area contributed by atoms with Gasteiger partial charge in [0.25, 0.3) is 0 Å². The Bertz CT molecular complexity index is 349. The van der Waals surface area contributed by atoms with Gasteiger partial charge in [0, 0.05) is 12.0 Å². The fourth-order valence-electron chi connectivity index (χ4n) is 2.72. The molecular weight excluding hydrogens is 236 g/mol. The van der Waals surface area contributed by atoms with Gasteiger partial charge in [0.1, 0.15) is 0 Å². The van der Waals surface area contributed by atoms with Crippen molar-refractivity contribution in [2.75, 3.05) is 6.61 Å². The molecule has 0 spiro atoms. The largest absolute Gasteiger partial charge is 0.337 e. The Morgan fingerprint density at radius 1 is 1.00 bits per heavy atom. The van der Waals surface area contributed by atoms with Crippen molar-refractivity contribution in [3.63, 3.8) is 0 Å². The maximum absolute atomic E-state index is 5.35. The molecule has 1 aromatic carbocycles. The monoisotopic (exact) mass is 262 g/mol. The molecule has 0 saturated carbocycles. The van der Waals surface area contributed by atoms with Crippen LogP contribution in [0.3, 0.4) is 0 Å². The highest BCUT2D eigenvalue weighted by Crippen LogP contribution is 2.27. The Morgan fingerprint density at radius 2 is 1.79 bits per heavy atom. The Morgan fingerprint density at radius 3 is 2.63 bits per heavy atom. The average Bonchev–Trinajstić information content (AvgIpc) is 2.54. The summed E-state index contributed by atoms with van der Waals surface area (Å²) < 4.78 is 0. The lowest BCUT2D eigenvalue weighted by Crippen LogP contribution is -1.96. The molecule has 0 atom stereocenters. The molecule has 106 valence electrons. The van der Waals surface area contributed by atoms with E-state index >= 15 is 0 Å². The van der Waals surface area contributed by atoms with E-state index in [-0.39, 0.29) is 0 Å². The summed E-state index contributed by atoms with van der Waals surface area (Å²) >= 11 is 0. The van der Waals surface area contributed by atoms with Crippen molar-refractivity contribution in [2.45, 2.75) is 64.7 Å². The van der Waals surface area contributed by atoms with Crippen molar-refractivity contribution in [1.82, 2.24) is 0 Å². The van der Waals surface area contributed by atoms with Crippen molar-refractivity contribution in [2.24, 2.45) is 0 Å². The molecule has 1 aromatic rings. The first kappa shape index (κ1) is 14.4. The van der Waals surface area contributed by atoms with Crippen molar-refractivity contribution in [1.29, 1.82) is 0 Å². The van der Waals surface area contributed by atoms with Gasteiger partial charge < -0.3 is 4.89 Å². The maximum Gasteiger partial charge on any atom is 0.168 e. The third-order valence-corrected chi connectivity index (χ3v) is 3.86. The smallest absolute Gasteiger partial charge is 0.168 e. The van der Waals surface area contributed by atoms with Gasteiger partial charge >= 0.3 is 0 Å². The van der Waals surface area contributed by atoms with E-state index in [9.17, 15) is 0 Å². The van der Waals surface area contributed by atoms with Gasteiger partial charge in [-0.15, -0.1) is 0 Å². The number of unbranched alkanes of at least 4 members (excludes halogenated alkanes) is 6. The summed E-state index contributed by atoms with van der Waals surface area (Å²) in [6, 6.07) is 6.29. The minimum atomic E-state index is 0.664. The van der Waals surface area contributed by atoms with Crippen LogP contribution in [0.1, 0.15) is 63.0 Å². The van der Waals surface area contributed by atoms with Gasteiger partial charge in [-0.3, -0.25) is 0 Å². The molecule has 0 N–H and O–H groups in total. The molecule has 2 heteroatoms. The van der Waals surface area contributed by atoms with Crippen molar-refractivity contribution >= 4 is 0 Å². The maximum atomic E-state index is 5.35. The fraction of sp³-hybridized carbons (Fsp3) is 0.647. The van der Waals surface area contributed by atoms with Crippen molar-refractivity contribution < 1.29 is 9.78 Å². The molecule has 1 aliphatic heterocycles. The van der Waals surface area contributed by atoms with E-state index in [0.717, 1.165) is 18.6 Å². The molecule has 0 fully saturated rings. The van der Waals surface area contributed by atoms with Gasteiger partial charge in [-0.2, -0.15) is 4.89 Å². The van der Waals surface area contributed by atoms with Gasteiger partial charge in [-0.1, -0.05) is 57.6 Å². The van der Waals surface area contributed by atoms with E-state index < -0.39 is 0 Å². The van der Waals surface area contributed by atoms with Crippen molar-refractivity contribution in [3.05, 3.63) is 29.3 Å². The lowest BCUT2D eigenvalue weighted by molar-refractivity contribution is -0.203. The molecule has 0 amide bonds. The van der Waals surface area contributed by atoms with Crippen molar-refractivity contribution in [3.8, 4) is 5.75 Å². The molecule has 0 aromatic heterocycles. The first-order chi connectivity index (χ1) is 9.42. The zero-order valence-electron chi connectivity index (χ0n) is 12.1. The highest BCUT2D eigenvalue weighted by atomic mass is 17.2. The van der Waals surface area contributed by atoms with Gasteiger partial charge in [0.05, 0.1) is 6.61 Å². The Hall–Kier alpha value is -1.02. The Balaban J connectivity index is 1.74. The third-order valence-electron chi connectivity index (χ3n) is 3.86. The van der Waals surface area contributed by atoms with Crippen LogP contribution in [0.5, 0.6) is 5.75 Å². The van der Waals surface area contributed by atoms with Crippen LogP contribution >= 0.6 is 0 Å². The number of fused-ring (bicyclic) bond motifs is 2. The summed E-state index contributed by atoms with van der Waals surface area (Å²) in [6.07, 6.45) is 11.6. The highest BCUT2D eigenvalue weighted by molar-refractivity contribution is 5.40. The van der Waals surface area contributed by atoms with Crippen LogP contribution in [0.25, 0.3) is 0 Å². The number of hydrogen-bond acceptors (Lipinski definition) is 2. The number of rotatable bonds is 8. The first-order valence-corrected chi connectivity index (χ1v) is 7.82. The van der Waals surface area contributed by atoms with Gasteiger partial charge in [0.15, 0.2) is 5.75 Å². The van der Waals surface area contributed by atoms with Crippen LogP contribution in [0.2, 0.25) is 0 Å². The zero-order chi connectivity index (χ0) is 13.3. The quantitative estimate of drug-likeness (QED) is 0.492. The first-order valence-electron chi connectivity index (χ1n) is 7.82. The molecule has 0 unspecified atom stereocenters. The molecule has 2 bridgehead atoms. The highest BCUT2D eigenvalue weighted by Gasteiger charge is 2.13. The van der Waals surface area contributed by atoms with Crippen LogP contribution in [-0.4, -0.2) is 6.61 Å². The predicted octanol–water partition coefficient (Wildman–Crippen LogP) is 4.85. The second-order valence-corrected chi connectivity index (χ2v) is 5.42. The second-order valence-electron chi connectivity index (χ2n) is 5.42. The molecule has 0 aliphatic carbocycles. The van der Waals surface area contributed by atoms with Crippen LogP contribution in [0, 0.1) is 0 Å². The molecule has 0 radical (unpaired) electrons. The topological polar surface area (TPSA) is 18.5 Å². The van der Waals surface area contributed by atoms with Gasteiger partial charge in [0.2, 0.25) is 0 Å². The third kappa shape index (κ3) is 4.54. The molecule has 0 saturated heterocycles. The van der Waals surface area contributed by atoms with Crippen LogP contribution in [-0.2, 0) is 17.7 Å². The summed E-state index contributed by atoms with van der Waals surface area (Å²) in [5.41, 5.74) is 2.77. The molecule has 19 heavy (non-hydrogen) atoms. The van der Waals surface area contributed by atoms with E-state index in [0.29, 0.717) is 6.61 Å².